The van der Waals surface area contributed by atoms with E-state index in [1.165, 1.54) is 18.9 Å². The predicted molar refractivity (Wildman–Crippen MR) is 58.2 cm³/mol. The van der Waals surface area contributed by atoms with Crippen LogP contribution in [0, 0.1) is 11.2 Å². The molecule has 2 fully saturated rings. The highest BCUT2D eigenvalue weighted by Gasteiger charge is 2.52. The topological polar surface area (TPSA) is 29.3 Å². The lowest BCUT2D eigenvalue weighted by Crippen LogP contribution is -2.49. The molecule has 1 aliphatic heterocycles. The number of anilines is 1. The second-order valence-electron chi connectivity index (χ2n) is 4.80. The van der Waals surface area contributed by atoms with Crippen LogP contribution in [0.15, 0.2) is 18.2 Å². The third kappa shape index (κ3) is 1.34. The van der Waals surface area contributed by atoms with E-state index in [4.69, 9.17) is 5.73 Å². The molecule has 80 valence electrons. The summed E-state index contributed by atoms with van der Waals surface area (Å²) in [6, 6.07) is 5.22. The fraction of sp³-hybridized carbons (Fsp3) is 0.500. The number of hydrogen-bond acceptors (Lipinski definition) is 2. The Bertz CT molecular complexity index is 391. The molecule has 0 aromatic heterocycles. The van der Waals surface area contributed by atoms with Crippen molar-refractivity contribution in [2.45, 2.75) is 19.4 Å². The Kier molecular flexibility index (Phi) is 1.80. The van der Waals surface area contributed by atoms with Crippen LogP contribution in [0.1, 0.15) is 18.4 Å². The number of nitrogens with zero attached hydrogens (tertiary/aromatic N) is 1. The van der Waals surface area contributed by atoms with Gasteiger partial charge in [-0.05, 0) is 25.0 Å². The maximum Gasteiger partial charge on any atom is 0.129 e. The van der Waals surface area contributed by atoms with Gasteiger partial charge in [-0.1, -0.05) is 6.07 Å². The van der Waals surface area contributed by atoms with Gasteiger partial charge < -0.3 is 10.6 Å². The van der Waals surface area contributed by atoms with Crippen molar-refractivity contribution < 1.29 is 4.39 Å². The van der Waals surface area contributed by atoms with Gasteiger partial charge in [-0.15, -0.1) is 0 Å². The van der Waals surface area contributed by atoms with E-state index >= 15 is 0 Å². The summed E-state index contributed by atoms with van der Waals surface area (Å²) >= 11 is 0. The summed E-state index contributed by atoms with van der Waals surface area (Å²) in [5.74, 6) is -0.174. The zero-order valence-corrected chi connectivity index (χ0v) is 8.67. The average Bonchev–Trinajstić information content (AvgIpc) is 2.94. The van der Waals surface area contributed by atoms with Crippen LogP contribution < -0.4 is 10.6 Å². The van der Waals surface area contributed by atoms with Crippen LogP contribution >= 0.6 is 0 Å². The van der Waals surface area contributed by atoms with Crippen molar-refractivity contribution >= 4 is 5.69 Å². The van der Waals surface area contributed by atoms with Crippen LogP contribution in [-0.2, 0) is 6.54 Å². The molecule has 1 aromatic carbocycles. The van der Waals surface area contributed by atoms with Crippen molar-refractivity contribution in [3.63, 3.8) is 0 Å². The molecule has 2 N–H and O–H groups in total. The Labute approximate surface area is 88.9 Å². The van der Waals surface area contributed by atoms with Gasteiger partial charge in [0.05, 0.1) is 0 Å². The summed E-state index contributed by atoms with van der Waals surface area (Å²) < 4.78 is 13.5. The quantitative estimate of drug-likeness (QED) is 0.800. The van der Waals surface area contributed by atoms with Crippen molar-refractivity contribution in [1.82, 2.24) is 0 Å². The average molecular weight is 206 g/mol. The first-order chi connectivity index (χ1) is 7.24. The van der Waals surface area contributed by atoms with Gasteiger partial charge in [0.25, 0.3) is 0 Å². The minimum atomic E-state index is -0.174. The molecule has 15 heavy (non-hydrogen) atoms. The van der Waals surface area contributed by atoms with E-state index < -0.39 is 0 Å². The monoisotopic (exact) mass is 206 g/mol. The smallest absolute Gasteiger partial charge is 0.129 e. The lowest BCUT2D eigenvalue weighted by atomic mass is 9.95. The number of hydrogen-bond donors (Lipinski definition) is 1. The third-order valence-corrected chi connectivity index (χ3v) is 3.65. The molecule has 0 unspecified atom stereocenters. The Morgan fingerprint density at radius 1 is 1.33 bits per heavy atom. The van der Waals surface area contributed by atoms with E-state index in [9.17, 15) is 4.39 Å². The van der Waals surface area contributed by atoms with Crippen LogP contribution in [0.3, 0.4) is 0 Å². The molecule has 0 atom stereocenters. The van der Waals surface area contributed by atoms with Gasteiger partial charge in [-0.2, -0.15) is 0 Å². The first-order valence-electron chi connectivity index (χ1n) is 5.47. The summed E-state index contributed by atoms with van der Waals surface area (Å²) in [6.45, 7) is 2.46. The third-order valence-electron chi connectivity index (χ3n) is 3.65. The van der Waals surface area contributed by atoms with E-state index in [2.05, 4.69) is 4.90 Å². The summed E-state index contributed by atoms with van der Waals surface area (Å²) in [6.07, 6.45) is 2.69. The van der Waals surface area contributed by atoms with Crippen molar-refractivity contribution in [2.75, 3.05) is 18.0 Å². The highest BCUT2D eigenvalue weighted by molar-refractivity contribution is 5.57. The van der Waals surface area contributed by atoms with E-state index in [0.717, 1.165) is 18.8 Å². The first-order valence-corrected chi connectivity index (χ1v) is 5.47. The van der Waals surface area contributed by atoms with Gasteiger partial charge in [0, 0.05) is 36.3 Å². The molecule has 3 heteroatoms. The van der Waals surface area contributed by atoms with Gasteiger partial charge in [0.15, 0.2) is 0 Å². The van der Waals surface area contributed by atoms with Crippen LogP contribution in [-0.4, -0.2) is 13.1 Å². The fourth-order valence-corrected chi connectivity index (χ4v) is 2.47. The second-order valence-corrected chi connectivity index (χ2v) is 4.80. The molecule has 2 nitrogen and oxygen atoms in total. The van der Waals surface area contributed by atoms with Crippen LogP contribution in [0.2, 0.25) is 0 Å². The minimum absolute atomic E-state index is 0.174. The molecule has 2 aliphatic rings. The molecule has 0 bridgehead atoms. The highest BCUT2D eigenvalue weighted by atomic mass is 19.1. The van der Waals surface area contributed by atoms with Gasteiger partial charge in [0.1, 0.15) is 5.82 Å². The lowest BCUT2D eigenvalue weighted by molar-refractivity contribution is 0.386. The zero-order valence-electron chi connectivity index (χ0n) is 8.67. The molecule has 1 spiro atoms. The van der Waals surface area contributed by atoms with Gasteiger partial charge >= 0.3 is 0 Å². The van der Waals surface area contributed by atoms with Crippen molar-refractivity contribution in [3.05, 3.63) is 29.6 Å². The maximum absolute atomic E-state index is 13.5. The summed E-state index contributed by atoms with van der Waals surface area (Å²) in [5.41, 5.74) is 7.84. The maximum atomic E-state index is 13.5. The Hall–Kier alpha value is -1.09. The molecule has 1 aliphatic carbocycles. The molecule has 1 heterocycles. The number of halogens is 1. The lowest BCUT2D eigenvalue weighted by Gasteiger charge is -2.42. The Morgan fingerprint density at radius 3 is 2.67 bits per heavy atom. The molecule has 0 radical (unpaired) electrons. The van der Waals surface area contributed by atoms with Crippen molar-refractivity contribution in [1.29, 1.82) is 0 Å². The summed E-state index contributed by atoms with van der Waals surface area (Å²) in [5, 5.41) is 0. The summed E-state index contributed by atoms with van der Waals surface area (Å²) in [4.78, 5) is 2.25. The number of nitrogens with two attached hydrogens (primary N) is 1. The van der Waals surface area contributed by atoms with E-state index in [0.29, 0.717) is 11.0 Å². The van der Waals surface area contributed by atoms with Crippen LogP contribution in [0.25, 0.3) is 0 Å². The van der Waals surface area contributed by atoms with Crippen molar-refractivity contribution in [3.8, 4) is 0 Å². The molecule has 0 amide bonds. The predicted octanol–water partition coefficient (Wildman–Crippen LogP) is 1.88. The Balaban J connectivity index is 1.88. The first kappa shape index (κ1) is 9.16. The molecule has 3 rings (SSSR count). The van der Waals surface area contributed by atoms with E-state index in [-0.39, 0.29) is 12.4 Å². The van der Waals surface area contributed by atoms with Crippen LogP contribution in [0.5, 0.6) is 0 Å². The zero-order chi connectivity index (χ0) is 10.5. The molecular weight excluding hydrogens is 191 g/mol. The normalized spacial score (nSPS) is 21.6. The summed E-state index contributed by atoms with van der Waals surface area (Å²) in [7, 11) is 0. The van der Waals surface area contributed by atoms with Crippen molar-refractivity contribution in [2.24, 2.45) is 11.1 Å². The number of rotatable bonds is 2. The molecule has 1 saturated carbocycles. The molecule has 1 aromatic rings. The van der Waals surface area contributed by atoms with Gasteiger partial charge in [0.2, 0.25) is 0 Å². The molecule has 1 saturated heterocycles. The van der Waals surface area contributed by atoms with E-state index in [1.54, 1.807) is 6.07 Å². The van der Waals surface area contributed by atoms with Gasteiger partial charge in [-0.3, -0.25) is 0 Å². The second kappa shape index (κ2) is 2.95. The largest absolute Gasteiger partial charge is 0.370 e. The number of benzene rings is 1. The Morgan fingerprint density at radius 2 is 2.07 bits per heavy atom. The fourth-order valence-electron chi connectivity index (χ4n) is 2.47. The highest BCUT2D eigenvalue weighted by Crippen LogP contribution is 2.54. The molecular formula is C12H15FN2. The standard InChI is InChI=1S/C12H15FN2/c13-10-2-1-3-11(9(10)6-14)15-7-12(8-15)4-5-12/h1-3H,4-8,14H2. The minimum Gasteiger partial charge on any atom is -0.370 e. The van der Waals surface area contributed by atoms with Gasteiger partial charge in [-0.25, -0.2) is 4.39 Å². The van der Waals surface area contributed by atoms with E-state index in [1.807, 2.05) is 6.07 Å². The van der Waals surface area contributed by atoms with Crippen LogP contribution in [0.4, 0.5) is 10.1 Å². The SMILES string of the molecule is NCc1c(F)cccc1N1CC2(CC2)C1.